The molecule has 10 heteroatoms. The number of aromatic nitrogens is 1. The first-order valence-electron chi connectivity index (χ1n) is 13.1. The molecule has 1 unspecified atom stereocenters. The van der Waals surface area contributed by atoms with Gasteiger partial charge in [0.1, 0.15) is 11.0 Å². The van der Waals surface area contributed by atoms with Gasteiger partial charge in [0, 0.05) is 36.0 Å². The molecule has 1 aromatic carbocycles. The fourth-order valence-corrected chi connectivity index (χ4v) is 6.86. The molecule has 2 N–H and O–H groups in total. The Hall–Kier alpha value is -2.01. The smallest absolute Gasteiger partial charge is 0.310 e. The van der Waals surface area contributed by atoms with Crippen molar-refractivity contribution in [3.63, 3.8) is 0 Å². The number of aliphatic hydroxyl groups is 2. The molecule has 1 saturated heterocycles. The summed E-state index contributed by atoms with van der Waals surface area (Å²) >= 11 is 0. The van der Waals surface area contributed by atoms with Crippen molar-refractivity contribution in [3.8, 4) is 0 Å². The van der Waals surface area contributed by atoms with Crippen LogP contribution in [0, 0.1) is 5.41 Å². The summed E-state index contributed by atoms with van der Waals surface area (Å²) in [4.78, 5) is 3.05. The Balaban J connectivity index is 1.72. The third kappa shape index (κ3) is 5.37. The van der Waals surface area contributed by atoms with Crippen molar-refractivity contribution in [1.82, 2.24) is 4.98 Å². The lowest BCUT2D eigenvalue weighted by Crippen LogP contribution is -2.30. The Kier molecular flexibility index (Phi) is 6.34. The second kappa shape index (κ2) is 8.74. The maximum absolute atomic E-state index is 13.4. The summed E-state index contributed by atoms with van der Waals surface area (Å²) in [6, 6.07) is 2.51. The molecule has 2 aromatic rings. The molecule has 0 amide bonds. The van der Waals surface area contributed by atoms with Crippen molar-refractivity contribution in [3.05, 3.63) is 64.0 Å². The van der Waals surface area contributed by atoms with Crippen LogP contribution in [0.4, 0.5) is 19.4 Å². The Morgan fingerprint density at radius 2 is 1.71 bits per heavy atom. The highest BCUT2D eigenvalue weighted by atomic mass is 32.5. The average Bonchev–Trinajstić information content (AvgIpc) is 3.36. The first-order chi connectivity index (χ1) is 17.5. The number of halogens is 5. The fraction of sp³-hybridized carbons (Fsp3) is 0.536. The molecule has 0 saturated carbocycles. The molecule has 3 aliphatic rings. The zero-order chi connectivity index (χ0) is 27.6. The van der Waals surface area contributed by atoms with Crippen LogP contribution in [-0.2, 0) is 11.2 Å². The normalized spacial score (nSPS) is 24.8. The predicted octanol–water partition coefficient (Wildman–Crippen LogP) is 8.29. The maximum Gasteiger partial charge on any atom is 0.310 e. The molecule has 0 bridgehead atoms. The third-order valence-corrected chi connectivity index (χ3v) is 9.15. The summed E-state index contributed by atoms with van der Waals surface area (Å²) in [5.41, 5.74) is 4.16. The molecular weight excluding hydrogens is 525 g/mol. The van der Waals surface area contributed by atoms with Crippen molar-refractivity contribution >= 4 is 15.8 Å². The molecular formula is C28H34F5NO3S. The van der Waals surface area contributed by atoms with E-state index in [9.17, 15) is 29.6 Å². The van der Waals surface area contributed by atoms with Gasteiger partial charge in [-0.25, -0.2) is 0 Å². The lowest BCUT2D eigenvalue weighted by atomic mass is 9.71. The number of allylic oxidation sites excluding steroid dienone is 2. The number of ether oxygens (including phenoxy) is 1. The standard InChI is InChI=1S/C28H34F5NO3S/c1-28(2)15-21-24(22(35)16-28)23(17-5-3-4-6-17)25(26(34-21)18-11-13-37-14-12-18)27(36)19-7-9-20(10-8-19)38(29,30,31,32)33/h5,7-10,18,22,27,35-36H,3-4,6,11-16H2,1-2H3/t22?,27-/m1/s1. The van der Waals surface area contributed by atoms with E-state index in [0.717, 1.165) is 48.2 Å². The number of fused-ring (bicyclic) bond motifs is 1. The maximum atomic E-state index is 13.4. The highest BCUT2D eigenvalue weighted by Crippen LogP contribution is 3.02. The number of hydrogen-bond donors (Lipinski definition) is 2. The summed E-state index contributed by atoms with van der Waals surface area (Å²) < 4.78 is 72.3. The SMILES string of the molecule is CC1(C)Cc2nc(C3CCOCC3)c([C@H](O)c3ccc(S(F)(F)(F)(F)F)cc3)c(C3=CCCC3)c2C(O)C1. The number of rotatable bonds is 5. The van der Waals surface area contributed by atoms with Gasteiger partial charge in [0.2, 0.25) is 0 Å². The van der Waals surface area contributed by atoms with Gasteiger partial charge in [-0.05, 0) is 79.2 Å². The van der Waals surface area contributed by atoms with Crippen LogP contribution in [0.3, 0.4) is 0 Å². The van der Waals surface area contributed by atoms with Crippen molar-refractivity contribution in [2.24, 2.45) is 5.41 Å². The number of benzene rings is 1. The summed E-state index contributed by atoms with van der Waals surface area (Å²) in [5.74, 6) is -0.0504. The van der Waals surface area contributed by atoms with Gasteiger partial charge < -0.3 is 14.9 Å². The van der Waals surface area contributed by atoms with E-state index in [1.165, 1.54) is 0 Å². The van der Waals surface area contributed by atoms with Crippen molar-refractivity contribution in [2.45, 2.75) is 81.8 Å². The molecule has 0 spiro atoms. The van der Waals surface area contributed by atoms with Gasteiger partial charge >= 0.3 is 10.2 Å². The second-order valence-corrected chi connectivity index (χ2v) is 14.1. The van der Waals surface area contributed by atoms with E-state index in [2.05, 4.69) is 19.9 Å². The van der Waals surface area contributed by atoms with Crippen LogP contribution < -0.4 is 0 Å². The topological polar surface area (TPSA) is 62.6 Å². The van der Waals surface area contributed by atoms with Gasteiger partial charge in [-0.15, -0.1) is 0 Å². The van der Waals surface area contributed by atoms with E-state index in [-0.39, 0.29) is 16.9 Å². The fourth-order valence-electron chi connectivity index (χ4n) is 6.20. The molecule has 38 heavy (non-hydrogen) atoms. The monoisotopic (exact) mass is 559 g/mol. The van der Waals surface area contributed by atoms with Gasteiger partial charge in [-0.3, -0.25) is 4.98 Å². The number of aliphatic hydroxyl groups excluding tert-OH is 2. The highest BCUT2D eigenvalue weighted by Gasteiger charge is 2.65. The van der Waals surface area contributed by atoms with Crippen LogP contribution in [0.1, 0.15) is 104 Å². The van der Waals surface area contributed by atoms with E-state index in [1.54, 1.807) is 0 Å². The summed E-state index contributed by atoms with van der Waals surface area (Å²) in [7, 11) is -9.85. The molecule has 2 atom stereocenters. The zero-order valence-corrected chi connectivity index (χ0v) is 22.3. The Labute approximate surface area is 219 Å². The number of pyridine rings is 1. The van der Waals surface area contributed by atoms with Crippen LogP contribution >= 0.6 is 10.2 Å². The largest absolute Gasteiger partial charge is 0.388 e. The van der Waals surface area contributed by atoms with Crippen molar-refractivity contribution in [1.29, 1.82) is 0 Å². The quantitative estimate of drug-likeness (QED) is 0.362. The van der Waals surface area contributed by atoms with Gasteiger partial charge in [0.05, 0.1) is 11.8 Å². The summed E-state index contributed by atoms with van der Waals surface area (Å²) in [5, 5.41) is 23.0. The lowest BCUT2D eigenvalue weighted by Gasteiger charge is -2.40. The van der Waals surface area contributed by atoms with Crippen LogP contribution in [-0.4, -0.2) is 28.4 Å². The summed E-state index contributed by atoms with van der Waals surface area (Å²) in [6.07, 6.45) is 4.84. The molecule has 0 radical (unpaired) electrons. The van der Waals surface area contributed by atoms with E-state index in [0.29, 0.717) is 67.9 Å². The molecule has 4 nitrogen and oxygen atoms in total. The Morgan fingerprint density at radius 3 is 2.29 bits per heavy atom. The van der Waals surface area contributed by atoms with Crippen LogP contribution in [0.5, 0.6) is 0 Å². The molecule has 2 aliphatic carbocycles. The van der Waals surface area contributed by atoms with Gasteiger partial charge in [-0.1, -0.05) is 51.5 Å². The Morgan fingerprint density at radius 1 is 1.05 bits per heavy atom. The van der Waals surface area contributed by atoms with E-state index in [1.807, 2.05) is 0 Å². The van der Waals surface area contributed by atoms with Crippen LogP contribution in [0.15, 0.2) is 35.2 Å². The van der Waals surface area contributed by atoms with Gasteiger partial charge in [-0.2, -0.15) is 0 Å². The number of nitrogens with zero attached hydrogens (tertiary/aromatic N) is 1. The molecule has 210 valence electrons. The molecule has 1 aromatic heterocycles. The van der Waals surface area contributed by atoms with Crippen molar-refractivity contribution in [2.75, 3.05) is 13.2 Å². The first kappa shape index (κ1) is 27.6. The zero-order valence-electron chi connectivity index (χ0n) is 21.5. The molecule has 1 aliphatic heterocycles. The first-order valence-corrected chi connectivity index (χ1v) is 15.0. The van der Waals surface area contributed by atoms with E-state index < -0.39 is 27.3 Å². The second-order valence-electron chi connectivity index (χ2n) is 11.7. The molecule has 2 heterocycles. The average molecular weight is 560 g/mol. The molecule has 1 fully saturated rings. The Bertz CT molecular complexity index is 1270. The van der Waals surface area contributed by atoms with Gasteiger partial charge in [0.25, 0.3) is 0 Å². The van der Waals surface area contributed by atoms with Gasteiger partial charge in [0.15, 0.2) is 0 Å². The van der Waals surface area contributed by atoms with Crippen LogP contribution in [0.25, 0.3) is 5.57 Å². The van der Waals surface area contributed by atoms with Crippen molar-refractivity contribution < 1.29 is 34.4 Å². The minimum absolute atomic E-state index is 0.0504. The van der Waals surface area contributed by atoms with E-state index >= 15 is 0 Å². The predicted molar refractivity (Wildman–Crippen MR) is 138 cm³/mol. The summed E-state index contributed by atoms with van der Waals surface area (Å²) in [6.45, 7) is 5.19. The number of hydrogen-bond acceptors (Lipinski definition) is 4. The van der Waals surface area contributed by atoms with E-state index in [4.69, 9.17) is 9.72 Å². The van der Waals surface area contributed by atoms with Crippen LogP contribution in [0.2, 0.25) is 0 Å². The minimum atomic E-state index is -9.85. The third-order valence-electron chi connectivity index (χ3n) is 7.99. The lowest BCUT2D eigenvalue weighted by molar-refractivity contribution is 0.0823. The molecule has 5 rings (SSSR count). The minimum Gasteiger partial charge on any atom is -0.388 e. The highest BCUT2D eigenvalue weighted by molar-refractivity contribution is 8.45.